The van der Waals surface area contributed by atoms with Crippen molar-refractivity contribution in [1.29, 1.82) is 0 Å². The molecule has 0 aromatic heterocycles. The van der Waals surface area contributed by atoms with Gasteiger partial charge in [0.25, 0.3) is 0 Å². The zero-order chi connectivity index (χ0) is 43.8. The Morgan fingerprint density at radius 2 is 0.950 bits per heavy atom. The van der Waals surface area contributed by atoms with Crippen LogP contribution < -0.4 is 5.32 Å². The van der Waals surface area contributed by atoms with Crippen LogP contribution in [0.5, 0.6) is 0 Å². The summed E-state index contributed by atoms with van der Waals surface area (Å²) in [6.45, 7) is 6.34. The van der Waals surface area contributed by atoms with E-state index in [0.717, 1.165) is 96.3 Å². The van der Waals surface area contributed by atoms with E-state index in [2.05, 4.69) is 86.8 Å². The van der Waals surface area contributed by atoms with Gasteiger partial charge in [-0.3, -0.25) is 9.59 Å². The van der Waals surface area contributed by atoms with Gasteiger partial charge in [-0.25, -0.2) is 0 Å². The second-order valence-corrected chi connectivity index (χ2v) is 17.2. The van der Waals surface area contributed by atoms with Crippen LogP contribution in [-0.2, 0) is 14.3 Å². The highest BCUT2D eigenvalue weighted by atomic mass is 16.5. The van der Waals surface area contributed by atoms with Gasteiger partial charge < -0.3 is 20.3 Å². The molecule has 1 amide bonds. The largest absolute Gasteiger partial charge is 0.462 e. The topological polar surface area (TPSA) is 95.9 Å². The van der Waals surface area contributed by atoms with E-state index >= 15 is 0 Å². The average Bonchev–Trinajstić information content (AvgIpc) is 3.24. The molecule has 0 radical (unpaired) electrons. The molecule has 0 saturated carbocycles. The molecule has 0 aromatic rings. The first-order chi connectivity index (χ1) is 29.5. The fraction of sp³-hybridized carbons (Fsp3) is 0.778. The maximum absolute atomic E-state index is 13.2. The van der Waals surface area contributed by atoms with E-state index in [4.69, 9.17) is 4.74 Å². The lowest BCUT2D eigenvalue weighted by molar-refractivity contribution is -0.151. The van der Waals surface area contributed by atoms with Crippen LogP contribution in [0.3, 0.4) is 0 Å². The maximum Gasteiger partial charge on any atom is 0.306 e. The molecule has 0 rings (SSSR count). The van der Waals surface area contributed by atoms with E-state index in [9.17, 15) is 19.8 Å². The number of carbonyl (C=O) groups is 2. The van der Waals surface area contributed by atoms with Crippen LogP contribution in [0.4, 0.5) is 0 Å². The number of aliphatic hydroxyl groups excluding tert-OH is 2. The molecule has 0 fully saturated rings. The SMILES string of the molecule is CC/C=C/C/C=C/C/C=C/CCCCCCCCC(=O)OC(CCCCC/C=C/C=C/CCCCCCCCC)CC(=O)NC(CO)C(O)CCCCCCCCCCC. The normalized spacial score (nSPS) is 13.8. The monoisotopic (exact) mass is 840 g/mol. The molecule has 6 nitrogen and oxygen atoms in total. The zero-order valence-corrected chi connectivity index (χ0v) is 39.6. The molecule has 348 valence electrons. The molecule has 3 unspecified atom stereocenters. The number of hydrogen-bond acceptors (Lipinski definition) is 5. The summed E-state index contributed by atoms with van der Waals surface area (Å²) in [4.78, 5) is 26.1. The summed E-state index contributed by atoms with van der Waals surface area (Å²) in [5, 5.41) is 23.7. The minimum Gasteiger partial charge on any atom is -0.462 e. The Hall–Kier alpha value is -2.44. The van der Waals surface area contributed by atoms with Crippen LogP contribution in [-0.4, -0.2) is 46.9 Å². The highest BCUT2D eigenvalue weighted by molar-refractivity contribution is 5.77. The maximum atomic E-state index is 13.2. The van der Waals surface area contributed by atoms with Gasteiger partial charge in [-0.1, -0.05) is 210 Å². The van der Waals surface area contributed by atoms with E-state index in [-0.39, 0.29) is 24.9 Å². The van der Waals surface area contributed by atoms with Crippen molar-refractivity contribution < 1.29 is 24.5 Å². The molecule has 0 aliphatic rings. The Morgan fingerprint density at radius 1 is 0.517 bits per heavy atom. The van der Waals surface area contributed by atoms with Crippen LogP contribution in [0.25, 0.3) is 0 Å². The fourth-order valence-electron chi connectivity index (χ4n) is 7.49. The van der Waals surface area contributed by atoms with Crippen LogP contribution in [0.1, 0.15) is 245 Å². The van der Waals surface area contributed by atoms with Gasteiger partial charge in [-0.15, -0.1) is 0 Å². The first-order valence-electron chi connectivity index (χ1n) is 25.5. The number of rotatable bonds is 45. The van der Waals surface area contributed by atoms with Gasteiger partial charge in [0.2, 0.25) is 5.91 Å². The third-order valence-electron chi connectivity index (χ3n) is 11.4. The predicted octanol–water partition coefficient (Wildman–Crippen LogP) is 15.2. The highest BCUT2D eigenvalue weighted by Crippen LogP contribution is 2.17. The molecule has 0 spiro atoms. The minimum atomic E-state index is -0.797. The Bertz CT molecular complexity index is 1080. The smallest absolute Gasteiger partial charge is 0.306 e. The number of hydrogen-bond donors (Lipinski definition) is 3. The first kappa shape index (κ1) is 57.6. The third-order valence-corrected chi connectivity index (χ3v) is 11.4. The Labute approximate surface area is 371 Å². The van der Waals surface area contributed by atoms with Crippen molar-refractivity contribution in [2.75, 3.05) is 6.61 Å². The molecular weight excluding hydrogens is 743 g/mol. The summed E-state index contributed by atoms with van der Waals surface area (Å²) in [7, 11) is 0. The quantitative estimate of drug-likeness (QED) is 0.0246. The van der Waals surface area contributed by atoms with Gasteiger partial charge in [0.1, 0.15) is 6.10 Å². The Balaban J connectivity index is 4.65. The summed E-state index contributed by atoms with van der Waals surface area (Å²) < 4.78 is 5.92. The summed E-state index contributed by atoms with van der Waals surface area (Å²) >= 11 is 0. The number of ether oxygens (including phenoxy) is 1. The lowest BCUT2D eigenvalue weighted by Gasteiger charge is -2.24. The van der Waals surface area contributed by atoms with Crippen LogP contribution >= 0.6 is 0 Å². The van der Waals surface area contributed by atoms with E-state index in [0.29, 0.717) is 19.3 Å². The van der Waals surface area contributed by atoms with Crippen molar-refractivity contribution in [1.82, 2.24) is 5.32 Å². The van der Waals surface area contributed by atoms with Gasteiger partial charge in [-0.05, 0) is 83.5 Å². The van der Waals surface area contributed by atoms with Crippen LogP contribution in [0, 0.1) is 0 Å². The van der Waals surface area contributed by atoms with Crippen molar-refractivity contribution in [3.8, 4) is 0 Å². The lowest BCUT2D eigenvalue weighted by Crippen LogP contribution is -2.46. The van der Waals surface area contributed by atoms with Gasteiger partial charge in [-0.2, -0.15) is 0 Å². The van der Waals surface area contributed by atoms with Gasteiger partial charge >= 0.3 is 5.97 Å². The molecule has 3 N–H and O–H groups in total. The fourth-order valence-corrected chi connectivity index (χ4v) is 7.49. The summed E-state index contributed by atoms with van der Waals surface area (Å²) in [6, 6.07) is -0.713. The molecule has 6 heteroatoms. The predicted molar refractivity (Wildman–Crippen MR) is 259 cm³/mol. The van der Waals surface area contributed by atoms with E-state index in [1.165, 1.54) is 103 Å². The summed E-state index contributed by atoms with van der Waals surface area (Å²) in [5.41, 5.74) is 0. The van der Waals surface area contributed by atoms with Crippen molar-refractivity contribution >= 4 is 11.9 Å². The summed E-state index contributed by atoms with van der Waals surface area (Å²) in [6.07, 6.45) is 58.5. The van der Waals surface area contributed by atoms with E-state index in [1.807, 2.05) is 0 Å². The molecule has 60 heavy (non-hydrogen) atoms. The number of amides is 1. The standard InChI is InChI=1S/C54H97NO5/c1-4-7-10-13-16-19-21-23-25-27-29-31-34-36-39-42-45-50(48-53(58)55-51(49-56)52(57)46-43-40-37-33-18-15-12-9-6-3)60-54(59)47-44-41-38-35-32-30-28-26-24-22-20-17-14-11-8-5-2/h8,11,17,20,24-27,29,31,50-52,56-57H,4-7,9-10,12-16,18-19,21-23,28,30,32-49H2,1-3H3,(H,55,58)/b11-8+,20-17+,26-24+,27-25+,31-29+. The number of esters is 1. The highest BCUT2D eigenvalue weighted by Gasteiger charge is 2.24. The molecule has 0 aromatic carbocycles. The Morgan fingerprint density at radius 3 is 1.48 bits per heavy atom. The average molecular weight is 840 g/mol. The zero-order valence-electron chi connectivity index (χ0n) is 39.6. The van der Waals surface area contributed by atoms with Crippen LogP contribution in [0.2, 0.25) is 0 Å². The van der Waals surface area contributed by atoms with E-state index < -0.39 is 18.2 Å². The molecule has 0 aliphatic heterocycles. The minimum absolute atomic E-state index is 0.0530. The number of unbranched alkanes of at least 4 members (excludes halogenated alkanes) is 24. The summed E-state index contributed by atoms with van der Waals surface area (Å²) in [5.74, 6) is -0.515. The lowest BCUT2D eigenvalue weighted by atomic mass is 10.0. The number of aliphatic hydroxyl groups is 2. The number of carbonyl (C=O) groups excluding carboxylic acids is 2. The van der Waals surface area contributed by atoms with Crippen molar-refractivity contribution in [3.63, 3.8) is 0 Å². The second kappa shape index (κ2) is 47.6. The first-order valence-corrected chi connectivity index (χ1v) is 25.5. The number of nitrogens with one attached hydrogen (secondary N) is 1. The number of allylic oxidation sites excluding steroid dienone is 10. The molecule has 0 heterocycles. The molecule has 3 atom stereocenters. The Kier molecular flexibility index (Phi) is 45.7. The molecule has 0 aliphatic carbocycles. The van der Waals surface area contributed by atoms with Crippen molar-refractivity contribution in [2.45, 2.75) is 264 Å². The third kappa shape index (κ3) is 42.3. The molecule has 0 bridgehead atoms. The van der Waals surface area contributed by atoms with Gasteiger partial charge in [0.15, 0.2) is 0 Å². The van der Waals surface area contributed by atoms with Gasteiger partial charge in [0, 0.05) is 6.42 Å². The molecular formula is C54H97NO5. The van der Waals surface area contributed by atoms with Gasteiger partial charge in [0.05, 0.1) is 25.2 Å². The van der Waals surface area contributed by atoms with E-state index in [1.54, 1.807) is 0 Å². The van der Waals surface area contributed by atoms with Crippen LogP contribution in [0.15, 0.2) is 60.8 Å². The molecule has 0 saturated heterocycles. The van der Waals surface area contributed by atoms with Crippen molar-refractivity contribution in [2.24, 2.45) is 0 Å². The van der Waals surface area contributed by atoms with Crippen molar-refractivity contribution in [3.05, 3.63) is 60.8 Å². The second-order valence-electron chi connectivity index (χ2n) is 17.2.